The molecule has 0 saturated carbocycles. The summed E-state index contributed by atoms with van der Waals surface area (Å²) in [5.41, 5.74) is 3.01. The Morgan fingerprint density at radius 1 is 1.19 bits per heavy atom. The van der Waals surface area contributed by atoms with E-state index in [0.717, 1.165) is 68.1 Å². The predicted octanol–water partition coefficient (Wildman–Crippen LogP) is 2.93. The number of aryl methyl sites for hydroxylation is 2. The van der Waals surface area contributed by atoms with Crippen LogP contribution in [0.15, 0.2) is 28.8 Å². The van der Waals surface area contributed by atoms with E-state index in [-0.39, 0.29) is 17.8 Å². The fraction of sp³-hybridized carbons (Fsp3) is 0.571. The minimum absolute atomic E-state index is 0.176. The van der Waals surface area contributed by atoms with Crippen molar-refractivity contribution in [2.75, 3.05) is 31.1 Å². The second-order valence-corrected chi connectivity index (χ2v) is 8.07. The van der Waals surface area contributed by atoms with Crippen LogP contribution in [-0.2, 0) is 6.42 Å². The number of aromatic nitrogens is 1. The van der Waals surface area contributed by atoms with E-state index in [0.29, 0.717) is 6.04 Å². The Morgan fingerprint density at radius 3 is 2.63 bits per heavy atom. The first kappa shape index (κ1) is 18.4. The van der Waals surface area contributed by atoms with Gasteiger partial charge in [0.25, 0.3) is 0 Å². The molecule has 0 unspecified atom stereocenters. The normalized spacial score (nSPS) is 24.7. The van der Waals surface area contributed by atoms with Crippen LogP contribution in [0.5, 0.6) is 0 Å². The van der Waals surface area contributed by atoms with Crippen molar-refractivity contribution in [2.24, 2.45) is 5.92 Å². The molecule has 27 heavy (non-hydrogen) atoms. The van der Waals surface area contributed by atoms with Crippen LogP contribution in [0, 0.1) is 25.6 Å². The number of piperidine rings is 1. The van der Waals surface area contributed by atoms with Gasteiger partial charge in [-0.2, -0.15) is 0 Å². The standard InChI is InChI=1S/C21H28FN3O2/c1-14-9-17(22)3-4-20(14)24-7-5-18(6-8-24)25-12-16(21(26)13-25)11-19-10-15(2)23-27-19/h3-4,9-10,16,18,21,26H,5-8,11-13H2,1-2H3/t16-,21+/m1/s1. The molecular formula is C21H28FN3O2. The lowest BCUT2D eigenvalue weighted by atomic mass is 10.00. The highest BCUT2D eigenvalue weighted by atomic mass is 19.1. The van der Waals surface area contributed by atoms with Crippen molar-refractivity contribution in [1.29, 1.82) is 0 Å². The summed E-state index contributed by atoms with van der Waals surface area (Å²) in [6, 6.07) is 7.49. The van der Waals surface area contributed by atoms with Gasteiger partial charge in [0, 0.05) is 56.3 Å². The zero-order chi connectivity index (χ0) is 19.0. The molecule has 0 amide bonds. The fourth-order valence-electron chi connectivity index (χ4n) is 4.60. The van der Waals surface area contributed by atoms with E-state index in [1.807, 2.05) is 26.0 Å². The smallest absolute Gasteiger partial charge is 0.137 e. The maximum Gasteiger partial charge on any atom is 0.137 e. The molecule has 5 nitrogen and oxygen atoms in total. The molecule has 3 heterocycles. The number of rotatable bonds is 4. The summed E-state index contributed by atoms with van der Waals surface area (Å²) in [4.78, 5) is 4.79. The van der Waals surface area contributed by atoms with Crippen molar-refractivity contribution in [2.45, 2.75) is 45.3 Å². The highest BCUT2D eigenvalue weighted by Crippen LogP contribution is 2.30. The van der Waals surface area contributed by atoms with Crippen molar-refractivity contribution < 1.29 is 14.0 Å². The topological polar surface area (TPSA) is 52.7 Å². The molecule has 0 aliphatic carbocycles. The third kappa shape index (κ3) is 4.01. The lowest BCUT2D eigenvalue weighted by molar-refractivity contribution is 0.129. The van der Waals surface area contributed by atoms with Gasteiger partial charge in [-0.25, -0.2) is 4.39 Å². The highest BCUT2D eigenvalue weighted by Gasteiger charge is 2.36. The number of anilines is 1. The monoisotopic (exact) mass is 373 g/mol. The molecule has 2 aromatic rings. The summed E-state index contributed by atoms with van der Waals surface area (Å²) in [6.45, 7) is 7.46. The maximum atomic E-state index is 13.4. The summed E-state index contributed by atoms with van der Waals surface area (Å²) in [5, 5.41) is 14.4. The van der Waals surface area contributed by atoms with Crippen LogP contribution in [0.25, 0.3) is 0 Å². The van der Waals surface area contributed by atoms with Gasteiger partial charge in [0.1, 0.15) is 11.6 Å². The average molecular weight is 373 g/mol. The molecule has 2 aliphatic rings. The first-order chi connectivity index (χ1) is 13.0. The number of nitrogens with zero attached hydrogens (tertiary/aromatic N) is 3. The van der Waals surface area contributed by atoms with Crippen LogP contribution in [-0.4, -0.2) is 53.5 Å². The number of benzene rings is 1. The first-order valence-corrected chi connectivity index (χ1v) is 9.85. The SMILES string of the molecule is Cc1cc(C[C@@H]2CN(C3CCN(c4ccc(F)cc4C)CC3)C[C@@H]2O)on1. The fourth-order valence-corrected chi connectivity index (χ4v) is 4.60. The van der Waals surface area contributed by atoms with E-state index < -0.39 is 0 Å². The lowest BCUT2D eigenvalue weighted by Gasteiger charge is -2.38. The summed E-state index contributed by atoms with van der Waals surface area (Å²) in [5.74, 6) is 0.889. The van der Waals surface area contributed by atoms with E-state index in [9.17, 15) is 9.50 Å². The molecule has 0 spiro atoms. The number of aliphatic hydroxyl groups is 1. The van der Waals surface area contributed by atoms with Crippen molar-refractivity contribution in [3.8, 4) is 0 Å². The highest BCUT2D eigenvalue weighted by molar-refractivity contribution is 5.53. The molecule has 1 aromatic heterocycles. The molecule has 1 aromatic carbocycles. The third-order valence-electron chi connectivity index (χ3n) is 6.06. The maximum absolute atomic E-state index is 13.4. The van der Waals surface area contributed by atoms with Crippen LogP contribution >= 0.6 is 0 Å². The van der Waals surface area contributed by atoms with E-state index in [1.165, 1.54) is 0 Å². The Bertz CT molecular complexity index is 785. The van der Waals surface area contributed by atoms with Gasteiger partial charge in [-0.05, 0) is 50.5 Å². The van der Waals surface area contributed by atoms with Crippen molar-refractivity contribution in [1.82, 2.24) is 10.1 Å². The number of hydrogen-bond donors (Lipinski definition) is 1. The Balaban J connectivity index is 1.33. The van der Waals surface area contributed by atoms with Gasteiger partial charge in [-0.3, -0.25) is 4.90 Å². The van der Waals surface area contributed by atoms with Crippen LogP contribution in [0.3, 0.4) is 0 Å². The van der Waals surface area contributed by atoms with Gasteiger partial charge < -0.3 is 14.5 Å². The third-order valence-corrected chi connectivity index (χ3v) is 6.06. The number of β-amino-alcohol motifs (C(OH)–C–C–N with tert-alkyl or cyclic N) is 1. The van der Waals surface area contributed by atoms with Crippen LogP contribution in [0.2, 0.25) is 0 Å². The van der Waals surface area contributed by atoms with Crippen LogP contribution in [0.4, 0.5) is 10.1 Å². The predicted molar refractivity (Wildman–Crippen MR) is 102 cm³/mol. The number of halogens is 1. The molecule has 4 rings (SSSR count). The van der Waals surface area contributed by atoms with E-state index in [4.69, 9.17) is 4.52 Å². The Hall–Kier alpha value is -1.92. The van der Waals surface area contributed by atoms with Crippen LogP contribution < -0.4 is 4.90 Å². The zero-order valence-corrected chi connectivity index (χ0v) is 16.1. The lowest BCUT2D eigenvalue weighted by Crippen LogP contribution is -2.44. The van der Waals surface area contributed by atoms with Gasteiger partial charge >= 0.3 is 0 Å². The van der Waals surface area contributed by atoms with Crippen LogP contribution in [0.1, 0.15) is 29.9 Å². The Morgan fingerprint density at radius 2 is 1.96 bits per heavy atom. The molecule has 2 aliphatic heterocycles. The zero-order valence-electron chi connectivity index (χ0n) is 16.1. The van der Waals surface area contributed by atoms with Gasteiger partial charge in [0.2, 0.25) is 0 Å². The molecule has 2 saturated heterocycles. The molecule has 1 N–H and O–H groups in total. The summed E-state index contributed by atoms with van der Waals surface area (Å²) in [7, 11) is 0. The van der Waals surface area contributed by atoms with Gasteiger partial charge in [0.15, 0.2) is 0 Å². The van der Waals surface area contributed by atoms with E-state index >= 15 is 0 Å². The average Bonchev–Trinajstić information content (AvgIpc) is 3.21. The molecule has 2 atom stereocenters. The van der Waals surface area contributed by atoms with Gasteiger partial charge in [-0.1, -0.05) is 5.16 Å². The van der Waals surface area contributed by atoms with Gasteiger partial charge in [-0.15, -0.1) is 0 Å². The Kier molecular flexibility index (Phi) is 5.19. The van der Waals surface area contributed by atoms with E-state index in [2.05, 4.69) is 15.0 Å². The minimum atomic E-state index is -0.312. The van der Waals surface area contributed by atoms with Crippen molar-refractivity contribution in [3.63, 3.8) is 0 Å². The summed E-state index contributed by atoms with van der Waals surface area (Å²) < 4.78 is 18.7. The molecule has 6 heteroatoms. The molecule has 2 fully saturated rings. The summed E-state index contributed by atoms with van der Waals surface area (Å²) >= 11 is 0. The molecule has 0 bridgehead atoms. The first-order valence-electron chi connectivity index (χ1n) is 9.85. The second-order valence-electron chi connectivity index (χ2n) is 8.07. The van der Waals surface area contributed by atoms with Gasteiger partial charge in [0.05, 0.1) is 11.8 Å². The van der Waals surface area contributed by atoms with Crippen molar-refractivity contribution >= 4 is 5.69 Å². The molecular weight excluding hydrogens is 345 g/mol. The van der Waals surface area contributed by atoms with E-state index in [1.54, 1.807) is 12.1 Å². The second kappa shape index (κ2) is 7.60. The Labute approximate surface area is 159 Å². The minimum Gasteiger partial charge on any atom is -0.391 e. The quantitative estimate of drug-likeness (QED) is 0.893. The molecule has 0 radical (unpaired) electrons. The number of likely N-dealkylation sites (tertiary alicyclic amines) is 1. The number of aliphatic hydroxyl groups excluding tert-OH is 1. The number of hydrogen-bond acceptors (Lipinski definition) is 5. The largest absolute Gasteiger partial charge is 0.391 e. The summed E-state index contributed by atoms with van der Waals surface area (Å²) in [6.07, 6.45) is 2.56. The molecule has 146 valence electrons. The van der Waals surface area contributed by atoms with Crippen molar-refractivity contribution in [3.05, 3.63) is 47.1 Å².